The summed E-state index contributed by atoms with van der Waals surface area (Å²) in [7, 11) is 1.73. The lowest BCUT2D eigenvalue weighted by atomic mass is 10.3. The second kappa shape index (κ2) is 5.10. The molecule has 0 N–H and O–H groups in total. The third-order valence-electron chi connectivity index (χ3n) is 2.42. The van der Waals surface area contributed by atoms with Crippen molar-refractivity contribution < 1.29 is 0 Å². The van der Waals surface area contributed by atoms with Gasteiger partial charge in [-0.05, 0) is 12.5 Å². The molecule has 2 aromatic heterocycles. The summed E-state index contributed by atoms with van der Waals surface area (Å²) in [5.41, 5.74) is 0.790. The lowest BCUT2D eigenvalue weighted by Gasteiger charge is -1.99. The van der Waals surface area contributed by atoms with E-state index in [0.717, 1.165) is 22.0 Å². The van der Waals surface area contributed by atoms with Crippen molar-refractivity contribution >= 4 is 27.3 Å². The molecule has 0 amide bonds. The van der Waals surface area contributed by atoms with Gasteiger partial charge in [0.2, 0.25) is 0 Å². The number of pyridine rings is 1. The summed E-state index contributed by atoms with van der Waals surface area (Å²) in [4.78, 5) is 11.8. The monoisotopic (exact) mass is 313 g/mol. The number of aromatic nitrogens is 3. The zero-order valence-electron chi connectivity index (χ0n) is 9.55. The van der Waals surface area contributed by atoms with Crippen LogP contribution in [0.4, 0.5) is 0 Å². The number of hydrogen-bond donors (Lipinski definition) is 0. The molecule has 4 nitrogen and oxygen atoms in total. The van der Waals surface area contributed by atoms with Crippen LogP contribution in [0.3, 0.4) is 0 Å². The Morgan fingerprint density at radius 3 is 2.94 bits per heavy atom. The molecule has 1 atom stereocenters. The van der Waals surface area contributed by atoms with Gasteiger partial charge < -0.3 is 4.57 Å². The van der Waals surface area contributed by atoms with Gasteiger partial charge in [-0.1, -0.05) is 34.2 Å². The van der Waals surface area contributed by atoms with Crippen molar-refractivity contribution in [3.63, 3.8) is 0 Å². The van der Waals surface area contributed by atoms with Gasteiger partial charge in [-0.15, -0.1) is 10.2 Å². The highest BCUT2D eigenvalue weighted by Crippen LogP contribution is 2.31. The van der Waals surface area contributed by atoms with Gasteiger partial charge in [-0.3, -0.25) is 4.79 Å². The van der Waals surface area contributed by atoms with E-state index in [9.17, 15) is 4.79 Å². The van der Waals surface area contributed by atoms with E-state index in [4.69, 9.17) is 0 Å². The van der Waals surface area contributed by atoms with Gasteiger partial charge in [0.05, 0.1) is 4.83 Å². The van der Waals surface area contributed by atoms with Crippen LogP contribution < -0.4 is 5.56 Å². The van der Waals surface area contributed by atoms with E-state index in [-0.39, 0.29) is 10.4 Å². The molecule has 0 aliphatic heterocycles. The van der Waals surface area contributed by atoms with Gasteiger partial charge in [-0.2, -0.15) is 0 Å². The third kappa shape index (κ3) is 2.63. The number of hydrogen-bond acceptors (Lipinski definition) is 4. The first-order valence-corrected chi connectivity index (χ1v) is 6.99. The molecule has 2 aromatic rings. The quantitative estimate of drug-likeness (QED) is 0.819. The summed E-state index contributed by atoms with van der Waals surface area (Å²) in [6, 6.07) is 3.46. The average Bonchev–Trinajstić information content (AvgIpc) is 2.81. The second-order valence-corrected chi connectivity index (χ2v) is 5.80. The van der Waals surface area contributed by atoms with E-state index in [0.29, 0.717) is 0 Å². The summed E-state index contributed by atoms with van der Waals surface area (Å²) in [6.45, 7) is 2.08. The van der Waals surface area contributed by atoms with Crippen molar-refractivity contribution in [2.45, 2.75) is 18.2 Å². The van der Waals surface area contributed by atoms with E-state index in [2.05, 4.69) is 33.1 Å². The molecule has 1 unspecified atom stereocenters. The number of rotatable bonds is 3. The van der Waals surface area contributed by atoms with E-state index >= 15 is 0 Å². The lowest BCUT2D eigenvalue weighted by molar-refractivity contribution is 0.859. The zero-order chi connectivity index (χ0) is 12.4. The molecular formula is C11H12BrN3OS. The van der Waals surface area contributed by atoms with E-state index < -0.39 is 0 Å². The molecule has 0 bridgehead atoms. The number of nitrogens with zero attached hydrogens (tertiary/aromatic N) is 3. The molecule has 90 valence electrons. The van der Waals surface area contributed by atoms with E-state index in [1.807, 2.05) is 6.07 Å². The molecule has 0 saturated carbocycles. The highest BCUT2D eigenvalue weighted by Gasteiger charge is 2.13. The topological polar surface area (TPSA) is 47.8 Å². The average molecular weight is 314 g/mol. The van der Waals surface area contributed by atoms with Crippen LogP contribution >= 0.6 is 27.3 Å². The molecule has 0 aromatic carbocycles. The van der Waals surface area contributed by atoms with Crippen molar-refractivity contribution in [2.75, 3.05) is 0 Å². The first-order valence-electron chi connectivity index (χ1n) is 5.26. The fraction of sp³-hybridized carbons (Fsp3) is 0.364. The predicted molar refractivity (Wildman–Crippen MR) is 72.5 cm³/mol. The normalized spacial score (nSPS) is 12.6. The van der Waals surface area contributed by atoms with Gasteiger partial charge >= 0.3 is 0 Å². The molecule has 0 aliphatic carbocycles. The summed E-state index contributed by atoms with van der Waals surface area (Å²) in [5, 5.41) is 9.98. The Labute approximate surface area is 111 Å². The van der Waals surface area contributed by atoms with Crippen LogP contribution in [-0.2, 0) is 7.05 Å². The summed E-state index contributed by atoms with van der Waals surface area (Å²) in [6.07, 6.45) is 2.70. The molecule has 0 spiro atoms. The van der Waals surface area contributed by atoms with Crippen LogP contribution in [0.15, 0.2) is 23.1 Å². The summed E-state index contributed by atoms with van der Waals surface area (Å²) in [5.74, 6) is 0. The Kier molecular flexibility index (Phi) is 3.73. The van der Waals surface area contributed by atoms with Gasteiger partial charge in [0.15, 0.2) is 0 Å². The van der Waals surface area contributed by atoms with Gasteiger partial charge in [0.25, 0.3) is 5.56 Å². The molecule has 0 aliphatic rings. The summed E-state index contributed by atoms with van der Waals surface area (Å²) >= 11 is 5.05. The van der Waals surface area contributed by atoms with Crippen LogP contribution in [0.2, 0.25) is 0 Å². The van der Waals surface area contributed by atoms with Crippen molar-refractivity contribution in [1.29, 1.82) is 0 Å². The summed E-state index contributed by atoms with van der Waals surface area (Å²) < 4.78 is 1.53. The van der Waals surface area contributed by atoms with Gasteiger partial charge in [-0.25, -0.2) is 0 Å². The van der Waals surface area contributed by atoms with Crippen molar-refractivity contribution in [3.8, 4) is 10.6 Å². The maximum absolute atomic E-state index is 11.5. The van der Waals surface area contributed by atoms with E-state index in [1.54, 1.807) is 19.3 Å². The molecule has 2 heterocycles. The van der Waals surface area contributed by atoms with Crippen LogP contribution in [0, 0.1) is 0 Å². The Hall–Kier alpha value is -1.01. The highest BCUT2D eigenvalue weighted by atomic mass is 79.9. The molecule has 0 fully saturated rings. The minimum atomic E-state index is -0.0369. The Morgan fingerprint density at radius 2 is 2.29 bits per heavy atom. The number of alkyl halides is 1. The van der Waals surface area contributed by atoms with Crippen molar-refractivity contribution in [2.24, 2.45) is 7.05 Å². The molecule has 0 radical (unpaired) electrons. The number of aryl methyl sites for hydroxylation is 1. The maximum atomic E-state index is 11.5. The lowest BCUT2D eigenvalue weighted by Crippen LogP contribution is -2.13. The molecule has 2 rings (SSSR count). The predicted octanol–water partition coefficient (Wildman–Crippen LogP) is 2.75. The Bertz CT molecular complexity index is 578. The first-order chi connectivity index (χ1) is 8.11. The minimum absolute atomic E-state index is 0.0369. The van der Waals surface area contributed by atoms with Gasteiger partial charge in [0.1, 0.15) is 10.0 Å². The molecular weight excluding hydrogens is 302 g/mol. The van der Waals surface area contributed by atoms with Crippen LogP contribution in [0.5, 0.6) is 0 Å². The van der Waals surface area contributed by atoms with E-state index in [1.165, 1.54) is 15.9 Å². The Morgan fingerprint density at radius 1 is 1.53 bits per heavy atom. The van der Waals surface area contributed by atoms with Crippen LogP contribution in [0.1, 0.15) is 23.2 Å². The first kappa shape index (κ1) is 12.4. The van der Waals surface area contributed by atoms with Crippen LogP contribution in [-0.4, -0.2) is 14.8 Å². The SMILES string of the molecule is CCC(Br)c1nnc(-c2ccn(C)c(=O)c2)s1. The third-order valence-corrected chi connectivity index (χ3v) is 4.89. The van der Waals surface area contributed by atoms with Crippen molar-refractivity contribution in [3.05, 3.63) is 33.7 Å². The minimum Gasteiger partial charge on any atom is -0.319 e. The largest absolute Gasteiger partial charge is 0.319 e. The fourth-order valence-electron chi connectivity index (χ4n) is 1.33. The fourth-order valence-corrected chi connectivity index (χ4v) is 2.61. The molecule has 0 saturated heterocycles. The Balaban J connectivity index is 2.37. The number of halogens is 1. The highest BCUT2D eigenvalue weighted by molar-refractivity contribution is 9.09. The second-order valence-electron chi connectivity index (χ2n) is 3.69. The molecule has 17 heavy (non-hydrogen) atoms. The maximum Gasteiger partial charge on any atom is 0.250 e. The van der Waals surface area contributed by atoms with Gasteiger partial charge in [0, 0.05) is 24.9 Å². The van der Waals surface area contributed by atoms with Crippen LogP contribution in [0.25, 0.3) is 10.6 Å². The smallest absolute Gasteiger partial charge is 0.250 e. The zero-order valence-corrected chi connectivity index (χ0v) is 12.0. The molecule has 6 heteroatoms. The van der Waals surface area contributed by atoms with Crippen molar-refractivity contribution in [1.82, 2.24) is 14.8 Å². The standard InChI is InChI=1S/C11H12BrN3OS/c1-3-8(12)11-14-13-10(17-11)7-4-5-15(2)9(16)6-7/h4-6,8H,3H2,1-2H3.